The minimum absolute atomic E-state index is 0.0798. The number of halogens is 1. The molecular formula is C13H20FNO. The number of nitrogens with one attached hydrogen (secondary N) is 1. The Labute approximate surface area is 96.8 Å². The molecule has 0 aliphatic rings. The van der Waals surface area contributed by atoms with Crippen LogP contribution in [0.5, 0.6) is 5.75 Å². The van der Waals surface area contributed by atoms with E-state index >= 15 is 0 Å². The number of methoxy groups -OCH3 is 1. The summed E-state index contributed by atoms with van der Waals surface area (Å²) >= 11 is 0. The monoisotopic (exact) mass is 225 g/mol. The largest absolute Gasteiger partial charge is 0.494 e. The number of hydrogen-bond acceptors (Lipinski definition) is 2. The Kier molecular flexibility index (Phi) is 4.30. The Morgan fingerprint density at radius 1 is 1.38 bits per heavy atom. The fraction of sp³-hybridized carbons (Fsp3) is 0.538. The summed E-state index contributed by atoms with van der Waals surface area (Å²) in [6.07, 6.45) is 1.82. The second-order valence-electron chi connectivity index (χ2n) is 4.60. The van der Waals surface area contributed by atoms with E-state index in [2.05, 4.69) is 19.2 Å². The fourth-order valence-corrected chi connectivity index (χ4v) is 1.45. The third-order valence-electron chi connectivity index (χ3n) is 2.93. The fourth-order valence-electron chi connectivity index (χ4n) is 1.45. The third-order valence-corrected chi connectivity index (χ3v) is 2.93. The molecule has 16 heavy (non-hydrogen) atoms. The molecule has 0 radical (unpaired) electrons. The van der Waals surface area contributed by atoms with E-state index in [-0.39, 0.29) is 11.4 Å². The second kappa shape index (κ2) is 5.30. The van der Waals surface area contributed by atoms with Crippen molar-refractivity contribution in [1.29, 1.82) is 0 Å². The van der Waals surface area contributed by atoms with Crippen LogP contribution >= 0.6 is 0 Å². The minimum Gasteiger partial charge on any atom is -0.494 e. The number of aryl methyl sites for hydroxylation is 1. The highest BCUT2D eigenvalue weighted by molar-refractivity contribution is 5.29. The Hall–Kier alpha value is -1.09. The quantitative estimate of drug-likeness (QED) is 0.832. The van der Waals surface area contributed by atoms with Crippen molar-refractivity contribution >= 4 is 0 Å². The minimum atomic E-state index is -0.290. The van der Waals surface area contributed by atoms with Gasteiger partial charge in [-0.15, -0.1) is 0 Å². The lowest BCUT2D eigenvalue weighted by molar-refractivity contribution is 0.383. The van der Waals surface area contributed by atoms with Crippen molar-refractivity contribution in [3.63, 3.8) is 0 Å². The maximum Gasteiger partial charge on any atom is 0.165 e. The van der Waals surface area contributed by atoms with Gasteiger partial charge < -0.3 is 10.1 Å². The molecule has 2 nitrogen and oxygen atoms in total. The molecule has 0 heterocycles. The van der Waals surface area contributed by atoms with Gasteiger partial charge in [0.2, 0.25) is 0 Å². The Morgan fingerprint density at radius 2 is 2.06 bits per heavy atom. The highest BCUT2D eigenvalue weighted by Gasteiger charge is 2.14. The van der Waals surface area contributed by atoms with Crippen molar-refractivity contribution in [2.24, 2.45) is 0 Å². The van der Waals surface area contributed by atoms with Crippen LogP contribution < -0.4 is 10.1 Å². The predicted octanol–water partition coefficient (Wildman–Crippen LogP) is 2.76. The summed E-state index contributed by atoms with van der Waals surface area (Å²) in [7, 11) is 3.41. The first-order valence-electron chi connectivity index (χ1n) is 5.50. The first-order chi connectivity index (χ1) is 7.48. The third kappa shape index (κ3) is 3.49. The van der Waals surface area contributed by atoms with E-state index in [0.717, 1.165) is 18.4 Å². The van der Waals surface area contributed by atoms with Crippen LogP contribution in [0.2, 0.25) is 0 Å². The van der Waals surface area contributed by atoms with E-state index in [4.69, 9.17) is 4.74 Å². The zero-order chi connectivity index (χ0) is 12.2. The van der Waals surface area contributed by atoms with Crippen molar-refractivity contribution in [3.8, 4) is 5.75 Å². The average Bonchev–Trinajstić information content (AvgIpc) is 2.27. The highest BCUT2D eigenvalue weighted by Crippen LogP contribution is 2.20. The van der Waals surface area contributed by atoms with Crippen LogP contribution in [0.15, 0.2) is 18.2 Å². The smallest absolute Gasteiger partial charge is 0.165 e. The standard InChI is InChI=1S/C13H20FNO/c1-13(2,15-3)8-7-10-5-6-12(16-4)11(14)9-10/h5-6,9,15H,7-8H2,1-4H3. The molecule has 0 saturated carbocycles. The molecule has 0 aromatic heterocycles. The van der Waals surface area contributed by atoms with Gasteiger partial charge in [0.05, 0.1) is 7.11 Å². The lowest BCUT2D eigenvalue weighted by Crippen LogP contribution is -2.36. The van der Waals surface area contributed by atoms with E-state index in [9.17, 15) is 4.39 Å². The van der Waals surface area contributed by atoms with Gasteiger partial charge in [0.25, 0.3) is 0 Å². The molecule has 1 aromatic rings. The molecule has 0 saturated heterocycles. The van der Waals surface area contributed by atoms with Crippen LogP contribution in [0.4, 0.5) is 4.39 Å². The molecular weight excluding hydrogens is 205 g/mol. The number of rotatable bonds is 5. The first-order valence-corrected chi connectivity index (χ1v) is 5.50. The maximum atomic E-state index is 13.4. The molecule has 1 aromatic carbocycles. The molecule has 90 valence electrons. The van der Waals surface area contributed by atoms with E-state index < -0.39 is 0 Å². The summed E-state index contributed by atoms with van der Waals surface area (Å²) in [5, 5.41) is 3.23. The molecule has 0 bridgehead atoms. The van der Waals surface area contributed by atoms with Gasteiger partial charge in [-0.25, -0.2) is 4.39 Å². The van der Waals surface area contributed by atoms with E-state index in [1.165, 1.54) is 7.11 Å². The highest BCUT2D eigenvalue weighted by atomic mass is 19.1. The zero-order valence-electron chi connectivity index (χ0n) is 10.4. The molecule has 0 aliphatic heterocycles. The molecule has 1 rings (SSSR count). The summed E-state index contributed by atoms with van der Waals surface area (Å²) in [6, 6.07) is 5.13. The van der Waals surface area contributed by atoms with Crippen molar-refractivity contribution in [2.75, 3.05) is 14.2 Å². The lowest BCUT2D eigenvalue weighted by Gasteiger charge is -2.23. The number of ether oxygens (including phenoxy) is 1. The second-order valence-corrected chi connectivity index (χ2v) is 4.60. The zero-order valence-corrected chi connectivity index (χ0v) is 10.4. The van der Waals surface area contributed by atoms with E-state index in [0.29, 0.717) is 5.75 Å². The van der Waals surface area contributed by atoms with Gasteiger partial charge in [-0.05, 0) is 51.4 Å². The van der Waals surface area contributed by atoms with E-state index in [1.807, 2.05) is 13.1 Å². The molecule has 0 spiro atoms. The van der Waals surface area contributed by atoms with Crippen LogP contribution in [-0.4, -0.2) is 19.7 Å². The maximum absolute atomic E-state index is 13.4. The predicted molar refractivity (Wildman–Crippen MR) is 64.4 cm³/mol. The topological polar surface area (TPSA) is 21.3 Å². The van der Waals surface area contributed by atoms with Crippen LogP contribution in [0.3, 0.4) is 0 Å². The Bertz CT molecular complexity index is 350. The molecule has 0 fully saturated rings. The van der Waals surface area contributed by atoms with E-state index in [1.54, 1.807) is 12.1 Å². The van der Waals surface area contributed by atoms with Gasteiger partial charge >= 0.3 is 0 Å². The van der Waals surface area contributed by atoms with Crippen molar-refractivity contribution in [2.45, 2.75) is 32.2 Å². The average molecular weight is 225 g/mol. The van der Waals surface area contributed by atoms with Crippen molar-refractivity contribution in [1.82, 2.24) is 5.32 Å². The van der Waals surface area contributed by atoms with Gasteiger partial charge in [0.1, 0.15) is 0 Å². The molecule has 1 N–H and O–H groups in total. The first kappa shape index (κ1) is 13.0. The van der Waals surface area contributed by atoms with Gasteiger partial charge in [0.15, 0.2) is 11.6 Å². The summed E-state index contributed by atoms with van der Waals surface area (Å²) in [5.41, 5.74) is 1.08. The lowest BCUT2D eigenvalue weighted by atomic mass is 9.95. The van der Waals surface area contributed by atoms with Crippen LogP contribution in [-0.2, 0) is 6.42 Å². The number of hydrogen-bond donors (Lipinski definition) is 1. The van der Waals surface area contributed by atoms with Crippen LogP contribution in [0, 0.1) is 5.82 Å². The normalized spacial score (nSPS) is 11.6. The summed E-state index contributed by atoms with van der Waals surface area (Å²) in [5.74, 6) is 0.0129. The SMILES string of the molecule is CNC(C)(C)CCc1ccc(OC)c(F)c1. The van der Waals surface area contributed by atoms with Gasteiger partial charge in [-0.1, -0.05) is 6.07 Å². The van der Waals surface area contributed by atoms with Crippen molar-refractivity contribution in [3.05, 3.63) is 29.6 Å². The molecule has 0 amide bonds. The van der Waals surface area contributed by atoms with Crippen LogP contribution in [0.1, 0.15) is 25.8 Å². The summed E-state index contributed by atoms with van der Waals surface area (Å²) < 4.78 is 18.3. The van der Waals surface area contributed by atoms with Crippen LogP contribution in [0.25, 0.3) is 0 Å². The Morgan fingerprint density at radius 3 is 2.56 bits per heavy atom. The molecule has 0 unspecified atom stereocenters. The van der Waals surface area contributed by atoms with Crippen molar-refractivity contribution < 1.29 is 9.13 Å². The number of benzene rings is 1. The van der Waals surface area contributed by atoms with Gasteiger partial charge in [-0.3, -0.25) is 0 Å². The molecule has 0 atom stereocenters. The molecule has 0 aliphatic carbocycles. The Balaban J connectivity index is 2.65. The van der Waals surface area contributed by atoms with Gasteiger partial charge in [0, 0.05) is 5.54 Å². The van der Waals surface area contributed by atoms with Gasteiger partial charge in [-0.2, -0.15) is 0 Å². The summed E-state index contributed by atoms with van der Waals surface area (Å²) in [4.78, 5) is 0. The summed E-state index contributed by atoms with van der Waals surface area (Å²) in [6.45, 7) is 4.26. The molecule has 3 heteroatoms.